The molecule has 0 aliphatic carbocycles. The Kier molecular flexibility index (Phi) is 3.44. The molecule has 3 heteroatoms. The van der Waals surface area contributed by atoms with Crippen LogP contribution in [0.2, 0.25) is 0 Å². The molecule has 3 rings (SSSR count). The molecule has 0 spiro atoms. The molecule has 0 aliphatic heterocycles. The molecular weight excluding hydrogens is 260 g/mol. The smallest absolute Gasteiger partial charge is 0.127 e. The van der Waals surface area contributed by atoms with Gasteiger partial charge in [-0.2, -0.15) is 5.26 Å². The molecule has 0 fully saturated rings. The lowest BCUT2D eigenvalue weighted by atomic mass is 10.1. The minimum absolute atomic E-state index is 0.458. The highest BCUT2D eigenvalue weighted by molar-refractivity contribution is 5.96. The van der Waals surface area contributed by atoms with Crippen molar-refractivity contribution in [2.75, 3.05) is 5.73 Å². The molecule has 0 bridgehead atoms. The SMILES string of the molecule is N#Cc1ccc(COc2ccc(N)c3ccccc23)cc1. The number of nitrogens with two attached hydrogens (primary N) is 1. The number of anilines is 1. The Bertz CT molecular complexity index is 817. The molecule has 0 amide bonds. The van der Waals surface area contributed by atoms with E-state index in [1.165, 1.54) is 0 Å². The summed E-state index contributed by atoms with van der Waals surface area (Å²) in [6.07, 6.45) is 0. The standard InChI is InChI=1S/C18H14N2O/c19-11-13-5-7-14(8-6-13)12-21-18-10-9-17(20)15-3-1-2-4-16(15)18/h1-10H,12,20H2. The molecule has 3 aromatic rings. The summed E-state index contributed by atoms with van der Waals surface area (Å²) in [5, 5.41) is 10.8. The average Bonchev–Trinajstić information content (AvgIpc) is 2.55. The third-order valence-electron chi connectivity index (χ3n) is 3.40. The number of ether oxygens (including phenoxy) is 1. The predicted octanol–water partition coefficient (Wildman–Crippen LogP) is 3.87. The van der Waals surface area contributed by atoms with Crippen LogP contribution in [0.5, 0.6) is 5.75 Å². The summed E-state index contributed by atoms with van der Waals surface area (Å²) in [5.41, 5.74) is 8.40. The fourth-order valence-corrected chi connectivity index (χ4v) is 2.26. The van der Waals surface area contributed by atoms with Gasteiger partial charge in [-0.1, -0.05) is 36.4 Å². The van der Waals surface area contributed by atoms with Crippen LogP contribution >= 0.6 is 0 Å². The van der Waals surface area contributed by atoms with Gasteiger partial charge in [0.05, 0.1) is 11.6 Å². The molecule has 0 saturated carbocycles. The van der Waals surface area contributed by atoms with Gasteiger partial charge in [-0.05, 0) is 29.8 Å². The van der Waals surface area contributed by atoms with Crippen molar-refractivity contribution >= 4 is 16.5 Å². The number of fused-ring (bicyclic) bond motifs is 1. The van der Waals surface area contributed by atoms with Crippen LogP contribution in [0, 0.1) is 11.3 Å². The van der Waals surface area contributed by atoms with Crippen molar-refractivity contribution in [3.63, 3.8) is 0 Å². The molecular formula is C18H14N2O. The second-order valence-corrected chi connectivity index (χ2v) is 4.80. The lowest BCUT2D eigenvalue weighted by Crippen LogP contribution is -1.97. The normalized spacial score (nSPS) is 10.2. The first-order valence-electron chi connectivity index (χ1n) is 6.67. The van der Waals surface area contributed by atoms with Crippen molar-refractivity contribution < 1.29 is 4.74 Å². The maximum absolute atomic E-state index is 8.79. The number of hydrogen-bond donors (Lipinski definition) is 1. The Labute approximate surface area is 123 Å². The number of benzene rings is 3. The van der Waals surface area contributed by atoms with Crippen LogP contribution in [-0.4, -0.2) is 0 Å². The van der Waals surface area contributed by atoms with Gasteiger partial charge in [-0.15, -0.1) is 0 Å². The molecule has 0 atom stereocenters. The number of hydrogen-bond acceptors (Lipinski definition) is 3. The molecule has 0 heterocycles. The highest BCUT2D eigenvalue weighted by Gasteiger charge is 2.05. The molecule has 0 unspecified atom stereocenters. The minimum Gasteiger partial charge on any atom is -0.488 e. The van der Waals surface area contributed by atoms with Gasteiger partial charge < -0.3 is 10.5 Å². The van der Waals surface area contributed by atoms with E-state index in [9.17, 15) is 0 Å². The van der Waals surface area contributed by atoms with Gasteiger partial charge in [0.2, 0.25) is 0 Å². The monoisotopic (exact) mass is 274 g/mol. The van der Waals surface area contributed by atoms with Crippen molar-refractivity contribution in [1.29, 1.82) is 5.26 Å². The largest absolute Gasteiger partial charge is 0.488 e. The highest BCUT2D eigenvalue weighted by Crippen LogP contribution is 2.30. The van der Waals surface area contributed by atoms with E-state index in [4.69, 9.17) is 15.7 Å². The van der Waals surface area contributed by atoms with Gasteiger partial charge in [-0.3, -0.25) is 0 Å². The van der Waals surface area contributed by atoms with E-state index in [-0.39, 0.29) is 0 Å². The molecule has 2 N–H and O–H groups in total. The Morgan fingerprint density at radius 1 is 0.905 bits per heavy atom. The molecule has 21 heavy (non-hydrogen) atoms. The fourth-order valence-electron chi connectivity index (χ4n) is 2.26. The number of nitriles is 1. The van der Waals surface area contributed by atoms with Crippen LogP contribution in [0.1, 0.15) is 11.1 Å². The second-order valence-electron chi connectivity index (χ2n) is 4.80. The van der Waals surface area contributed by atoms with Crippen LogP contribution in [0.25, 0.3) is 10.8 Å². The third-order valence-corrected chi connectivity index (χ3v) is 3.40. The Balaban J connectivity index is 1.85. The summed E-state index contributed by atoms with van der Waals surface area (Å²) >= 11 is 0. The fraction of sp³-hybridized carbons (Fsp3) is 0.0556. The average molecular weight is 274 g/mol. The van der Waals surface area contributed by atoms with Crippen molar-refractivity contribution in [1.82, 2.24) is 0 Å². The highest BCUT2D eigenvalue weighted by atomic mass is 16.5. The van der Waals surface area contributed by atoms with Crippen LogP contribution in [0.15, 0.2) is 60.7 Å². The van der Waals surface area contributed by atoms with E-state index in [1.807, 2.05) is 48.5 Å². The molecule has 3 aromatic carbocycles. The van der Waals surface area contributed by atoms with E-state index in [0.29, 0.717) is 12.2 Å². The van der Waals surface area contributed by atoms with Gasteiger partial charge in [0.1, 0.15) is 12.4 Å². The quantitative estimate of drug-likeness (QED) is 0.737. The maximum atomic E-state index is 8.79. The second kappa shape index (κ2) is 5.56. The van der Waals surface area contributed by atoms with Gasteiger partial charge in [0.25, 0.3) is 0 Å². The summed E-state index contributed by atoms with van der Waals surface area (Å²) in [7, 11) is 0. The predicted molar refractivity (Wildman–Crippen MR) is 83.8 cm³/mol. The van der Waals surface area contributed by atoms with Crippen molar-refractivity contribution in [3.05, 3.63) is 71.8 Å². The van der Waals surface area contributed by atoms with Crippen LogP contribution in [-0.2, 0) is 6.61 Å². The van der Waals surface area contributed by atoms with E-state index >= 15 is 0 Å². The van der Waals surface area contributed by atoms with Crippen molar-refractivity contribution in [2.24, 2.45) is 0 Å². The lowest BCUT2D eigenvalue weighted by Gasteiger charge is -2.11. The van der Waals surface area contributed by atoms with E-state index in [2.05, 4.69) is 6.07 Å². The van der Waals surface area contributed by atoms with Gasteiger partial charge in [-0.25, -0.2) is 0 Å². The first kappa shape index (κ1) is 13.0. The van der Waals surface area contributed by atoms with E-state index < -0.39 is 0 Å². The van der Waals surface area contributed by atoms with Gasteiger partial charge >= 0.3 is 0 Å². The number of nitrogen functional groups attached to an aromatic ring is 1. The first-order chi connectivity index (χ1) is 10.3. The first-order valence-corrected chi connectivity index (χ1v) is 6.67. The zero-order chi connectivity index (χ0) is 14.7. The van der Waals surface area contributed by atoms with Gasteiger partial charge in [0, 0.05) is 16.5 Å². The Morgan fingerprint density at radius 3 is 2.33 bits per heavy atom. The molecule has 0 saturated heterocycles. The van der Waals surface area contributed by atoms with Crippen LogP contribution < -0.4 is 10.5 Å². The summed E-state index contributed by atoms with van der Waals surface area (Å²) in [4.78, 5) is 0. The van der Waals surface area contributed by atoms with Crippen LogP contribution in [0.4, 0.5) is 5.69 Å². The summed E-state index contributed by atoms with van der Waals surface area (Å²) < 4.78 is 5.90. The molecule has 0 aromatic heterocycles. The zero-order valence-electron chi connectivity index (χ0n) is 11.4. The molecule has 102 valence electrons. The molecule has 0 aliphatic rings. The summed E-state index contributed by atoms with van der Waals surface area (Å²) in [5.74, 6) is 0.809. The Hall–Kier alpha value is -2.99. The van der Waals surface area contributed by atoms with Crippen molar-refractivity contribution in [3.8, 4) is 11.8 Å². The lowest BCUT2D eigenvalue weighted by molar-refractivity contribution is 0.310. The van der Waals surface area contributed by atoms with Crippen molar-refractivity contribution in [2.45, 2.75) is 6.61 Å². The maximum Gasteiger partial charge on any atom is 0.127 e. The topological polar surface area (TPSA) is 59.0 Å². The third kappa shape index (κ3) is 2.65. The zero-order valence-corrected chi connectivity index (χ0v) is 11.4. The summed E-state index contributed by atoms with van der Waals surface area (Å²) in [6, 6.07) is 21.2. The number of rotatable bonds is 3. The Morgan fingerprint density at radius 2 is 1.62 bits per heavy atom. The van der Waals surface area contributed by atoms with E-state index in [0.717, 1.165) is 27.8 Å². The van der Waals surface area contributed by atoms with Crippen LogP contribution in [0.3, 0.4) is 0 Å². The van der Waals surface area contributed by atoms with Gasteiger partial charge in [0.15, 0.2) is 0 Å². The molecule has 3 nitrogen and oxygen atoms in total. The summed E-state index contributed by atoms with van der Waals surface area (Å²) in [6.45, 7) is 0.458. The number of nitrogens with zero attached hydrogens (tertiary/aromatic N) is 1. The van der Waals surface area contributed by atoms with E-state index in [1.54, 1.807) is 12.1 Å². The minimum atomic E-state index is 0.458. The molecule has 0 radical (unpaired) electrons.